The van der Waals surface area contributed by atoms with Crippen molar-refractivity contribution in [1.82, 2.24) is 0 Å². The van der Waals surface area contributed by atoms with Crippen molar-refractivity contribution in [2.75, 3.05) is 0 Å². The molecule has 0 saturated heterocycles. The summed E-state index contributed by atoms with van der Waals surface area (Å²) in [6.07, 6.45) is 6.50. The average molecular weight is 266 g/mol. The summed E-state index contributed by atoms with van der Waals surface area (Å²) in [4.78, 5) is 11.5. The Bertz CT molecular complexity index is 385. The third-order valence-electron chi connectivity index (χ3n) is 5.61. The number of hydrogen-bond donors (Lipinski definition) is 0. The predicted molar refractivity (Wildman–Crippen MR) is 71.0 cm³/mol. The minimum absolute atomic E-state index is 0.392. The average Bonchev–Trinajstić information content (AvgIpc) is 2.25. The van der Waals surface area contributed by atoms with Gasteiger partial charge in [0.2, 0.25) is 5.83 Å². The molecule has 0 spiro atoms. The summed E-state index contributed by atoms with van der Waals surface area (Å²) in [5.74, 6) is 1.61. The van der Waals surface area contributed by atoms with Gasteiger partial charge in [-0.3, -0.25) is 0 Å². The van der Waals surface area contributed by atoms with Crippen molar-refractivity contribution >= 4 is 5.97 Å². The summed E-state index contributed by atoms with van der Waals surface area (Å²) in [5, 5.41) is 0. The van der Waals surface area contributed by atoms with Crippen molar-refractivity contribution in [2.45, 2.75) is 51.6 Å². The molecule has 2 nitrogen and oxygen atoms in total. The van der Waals surface area contributed by atoms with E-state index in [1.54, 1.807) is 0 Å². The Balaban J connectivity index is 1.77. The topological polar surface area (TPSA) is 26.3 Å². The molecule has 106 valence electrons. The maximum absolute atomic E-state index is 12.9. The molecule has 0 radical (unpaired) electrons. The van der Waals surface area contributed by atoms with Crippen LogP contribution in [0.2, 0.25) is 0 Å². The summed E-state index contributed by atoms with van der Waals surface area (Å²) >= 11 is 0. The van der Waals surface area contributed by atoms with E-state index in [-0.39, 0.29) is 0 Å². The molecule has 0 heterocycles. The van der Waals surface area contributed by atoms with E-state index in [4.69, 9.17) is 4.74 Å². The Morgan fingerprint density at radius 2 is 1.58 bits per heavy atom. The van der Waals surface area contributed by atoms with Crippen LogP contribution in [-0.2, 0) is 9.53 Å². The van der Waals surface area contributed by atoms with Gasteiger partial charge in [0.05, 0.1) is 0 Å². The van der Waals surface area contributed by atoms with Crippen molar-refractivity contribution in [3.8, 4) is 0 Å². The van der Waals surface area contributed by atoms with Gasteiger partial charge in [0, 0.05) is 5.92 Å². The fraction of sp³-hybridized carbons (Fsp3) is 0.812. The summed E-state index contributed by atoms with van der Waals surface area (Å²) in [6.45, 7) is 6.92. The second-order valence-electron chi connectivity index (χ2n) is 7.35. The number of esters is 1. The van der Waals surface area contributed by atoms with Crippen molar-refractivity contribution < 1.29 is 13.9 Å². The lowest BCUT2D eigenvalue weighted by atomic mass is 9.49. The predicted octanol–water partition coefficient (Wildman–Crippen LogP) is 3.86. The van der Waals surface area contributed by atoms with Crippen molar-refractivity contribution in [1.29, 1.82) is 0 Å². The van der Waals surface area contributed by atoms with E-state index in [0.717, 1.165) is 11.8 Å². The van der Waals surface area contributed by atoms with Crippen LogP contribution >= 0.6 is 0 Å². The van der Waals surface area contributed by atoms with Gasteiger partial charge in [0.15, 0.2) is 0 Å². The van der Waals surface area contributed by atoms with Gasteiger partial charge in [-0.25, -0.2) is 4.79 Å². The highest BCUT2D eigenvalue weighted by Gasteiger charge is 2.54. The Morgan fingerprint density at radius 1 is 1.11 bits per heavy atom. The Labute approximate surface area is 114 Å². The van der Waals surface area contributed by atoms with E-state index in [1.807, 2.05) is 13.8 Å². The molecule has 4 bridgehead atoms. The molecule has 0 aliphatic heterocycles. The first-order chi connectivity index (χ1) is 8.87. The SMILES string of the molecule is C=C(F)C(=O)OC(C)(C)C1C2CC3CC(C2)CC1C3. The Kier molecular flexibility index (Phi) is 2.99. The van der Waals surface area contributed by atoms with Gasteiger partial charge in [-0.05, 0) is 69.6 Å². The molecule has 4 rings (SSSR count). The van der Waals surface area contributed by atoms with Crippen molar-refractivity contribution in [3.05, 3.63) is 12.4 Å². The maximum atomic E-state index is 12.9. The van der Waals surface area contributed by atoms with Crippen LogP contribution in [0, 0.1) is 29.6 Å². The monoisotopic (exact) mass is 266 g/mol. The smallest absolute Gasteiger partial charge is 0.367 e. The second-order valence-corrected chi connectivity index (χ2v) is 7.35. The molecular formula is C16H23FO2. The number of rotatable bonds is 3. The third kappa shape index (κ3) is 2.21. The molecule has 3 heteroatoms. The third-order valence-corrected chi connectivity index (χ3v) is 5.61. The zero-order chi connectivity index (χ0) is 13.8. The molecule has 0 aromatic heterocycles. The lowest BCUT2D eigenvalue weighted by Crippen LogP contribution is -2.54. The maximum Gasteiger partial charge on any atom is 0.367 e. The first kappa shape index (κ1) is 13.1. The van der Waals surface area contributed by atoms with Gasteiger partial charge in [-0.15, -0.1) is 0 Å². The van der Waals surface area contributed by atoms with Gasteiger partial charge in [0.25, 0.3) is 0 Å². The van der Waals surface area contributed by atoms with Crippen LogP contribution in [0.25, 0.3) is 0 Å². The van der Waals surface area contributed by atoms with Crippen molar-refractivity contribution in [3.63, 3.8) is 0 Å². The highest BCUT2D eigenvalue weighted by atomic mass is 19.1. The van der Waals surface area contributed by atoms with Gasteiger partial charge in [0.1, 0.15) is 5.60 Å². The molecule has 0 N–H and O–H groups in total. The molecule has 0 atom stereocenters. The lowest BCUT2D eigenvalue weighted by molar-refractivity contribution is -0.178. The van der Waals surface area contributed by atoms with Crippen LogP contribution in [-0.4, -0.2) is 11.6 Å². The summed E-state index contributed by atoms with van der Waals surface area (Å²) < 4.78 is 18.3. The Morgan fingerprint density at radius 3 is 2.00 bits per heavy atom. The first-order valence-corrected chi connectivity index (χ1v) is 7.44. The molecule has 0 aromatic carbocycles. The van der Waals surface area contributed by atoms with E-state index in [2.05, 4.69) is 6.58 Å². The number of hydrogen-bond acceptors (Lipinski definition) is 2. The quantitative estimate of drug-likeness (QED) is 0.572. The van der Waals surface area contributed by atoms with E-state index in [0.29, 0.717) is 17.8 Å². The zero-order valence-corrected chi connectivity index (χ0v) is 11.8. The largest absolute Gasteiger partial charge is 0.454 e. The van der Waals surface area contributed by atoms with E-state index >= 15 is 0 Å². The van der Waals surface area contributed by atoms with Gasteiger partial charge < -0.3 is 4.74 Å². The summed E-state index contributed by atoms with van der Waals surface area (Å²) in [5.41, 5.74) is -0.575. The van der Waals surface area contributed by atoms with E-state index in [1.165, 1.54) is 32.1 Å². The molecule has 4 aliphatic rings. The Hall–Kier alpha value is -0.860. The van der Waals surface area contributed by atoms with E-state index in [9.17, 15) is 9.18 Å². The van der Waals surface area contributed by atoms with Crippen LogP contribution in [0.4, 0.5) is 4.39 Å². The molecule has 4 aliphatic carbocycles. The standard InChI is InChI=1S/C16H23FO2/c1-9(17)15(18)19-16(2,3)14-12-5-10-4-11(7-12)8-13(14)6-10/h10-14H,1,4-8H2,2-3H3. The number of carbonyl (C=O) groups is 1. The molecule has 0 amide bonds. The number of ether oxygens (including phenoxy) is 1. The molecule has 19 heavy (non-hydrogen) atoms. The van der Waals surface area contributed by atoms with Gasteiger partial charge >= 0.3 is 5.97 Å². The fourth-order valence-corrected chi connectivity index (χ4v) is 5.42. The van der Waals surface area contributed by atoms with E-state index < -0.39 is 17.4 Å². The van der Waals surface area contributed by atoms with Gasteiger partial charge in [-0.1, -0.05) is 6.58 Å². The minimum Gasteiger partial charge on any atom is -0.454 e. The van der Waals surface area contributed by atoms with Crippen LogP contribution < -0.4 is 0 Å². The van der Waals surface area contributed by atoms with Gasteiger partial charge in [-0.2, -0.15) is 4.39 Å². The molecule has 0 aromatic rings. The highest BCUT2D eigenvalue weighted by Crippen LogP contribution is 2.59. The molecular weight excluding hydrogens is 243 g/mol. The highest BCUT2D eigenvalue weighted by molar-refractivity contribution is 5.85. The van der Waals surface area contributed by atoms with Crippen molar-refractivity contribution in [2.24, 2.45) is 29.6 Å². The summed E-state index contributed by atoms with van der Waals surface area (Å²) in [6, 6.07) is 0. The zero-order valence-electron chi connectivity index (χ0n) is 11.8. The lowest BCUT2D eigenvalue weighted by Gasteiger charge is -2.58. The number of halogens is 1. The first-order valence-electron chi connectivity index (χ1n) is 7.44. The van der Waals surface area contributed by atoms with Crippen LogP contribution in [0.3, 0.4) is 0 Å². The number of carbonyl (C=O) groups excluding carboxylic acids is 1. The normalized spacial score (nSPS) is 40.3. The van der Waals surface area contributed by atoms with Crippen LogP contribution in [0.5, 0.6) is 0 Å². The second kappa shape index (κ2) is 4.32. The fourth-order valence-electron chi connectivity index (χ4n) is 5.42. The molecule has 4 fully saturated rings. The minimum atomic E-state index is -0.989. The van der Waals surface area contributed by atoms with Crippen LogP contribution in [0.1, 0.15) is 46.0 Å². The molecule has 4 saturated carbocycles. The molecule has 0 unspecified atom stereocenters. The van der Waals surface area contributed by atoms with Crippen LogP contribution in [0.15, 0.2) is 12.4 Å². The summed E-state index contributed by atoms with van der Waals surface area (Å²) in [7, 11) is 0.